The molecule has 1 heterocycles. The number of methoxy groups -OCH3 is 2. The number of benzene rings is 2. The molecule has 2 fully saturated rings. The van der Waals surface area contributed by atoms with Gasteiger partial charge in [0, 0.05) is 12.5 Å². The molecule has 0 unspecified atom stereocenters. The molecule has 7 nitrogen and oxygen atoms in total. The summed E-state index contributed by atoms with van der Waals surface area (Å²) in [7, 11) is 3.05. The van der Waals surface area contributed by atoms with Crippen molar-refractivity contribution in [3.05, 3.63) is 66.2 Å². The van der Waals surface area contributed by atoms with Gasteiger partial charge >= 0.3 is 0 Å². The quantitative estimate of drug-likeness (QED) is 0.522. The van der Waals surface area contributed by atoms with Gasteiger partial charge in [0.05, 0.1) is 31.7 Å². The minimum atomic E-state index is -0.965. The molecule has 1 saturated carbocycles. The van der Waals surface area contributed by atoms with E-state index in [1.54, 1.807) is 18.2 Å². The highest BCUT2D eigenvalue weighted by Gasteiger charge is 2.61. The molecule has 1 saturated heterocycles. The molecule has 33 heavy (non-hydrogen) atoms. The molecule has 7 heteroatoms. The first kappa shape index (κ1) is 21.2. The third-order valence-electron chi connectivity index (χ3n) is 7.06. The molecule has 170 valence electrons. The Morgan fingerprint density at radius 3 is 2.27 bits per heavy atom. The number of fused-ring (bicyclic) bond motifs is 5. The molecule has 0 radical (unpaired) electrons. The van der Waals surface area contributed by atoms with Gasteiger partial charge in [0.1, 0.15) is 17.5 Å². The van der Waals surface area contributed by atoms with E-state index in [9.17, 15) is 14.4 Å². The van der Waals surface area contributed by atoms with Crippen molar-refractivity contribution in [1.82, 2.24) is 4.90 Å². The normalized spacial score (nSPS) is 25.8. The zero-order valence-corrected chi connectivity index (χ0v) is 18.6. The van der Waals surface area contributed by atoms with Crippen LogP contribution < -0.4 is 14.8 Å². The number of anilines is 1. The molecule has 5 atom stereocenters. The van der Waals surface area contributed by atoms with Gasteiger partial charge in [-0.25, -0.2) is 0 Å². The lowest BCUT2D eigenvalue weighted by molar-refractivity contribution is -0.147. The summed E-state index contributed by atoms with van der Waals surface area (Å²) in [5.74, 6) is -0.453. The Balaban J connectivity index is 1.47. The number of ether oxygens (including phenoxy) is 2. The van der Waals surface area contributed by atoms with Crippen LogP contribution >= 0.6 is 0 Å². The van der Waals surface area contributed by atoms with E-state index >= 15 is 0 Å². The van der Waals surface area contributed by atoms with Crippen molar-refractivity contribution in [3.63, 3.8) is 0 Å². The maximum Gasteiger partial charge on any atom is 0.248 e. The standard InChI is InChI=1S/C26H26N2O5/c1-32-18-10-11-21(33-2)19(14-18)27-24(29)20(12-15-6-4-3-5-7-15)28-25(30)22-16-8-9-17(13-16)23(22)26(28)31/h3-11,14,16-17,20,22-23H,12-13H2,1-2H3,(H,27,29)/t16-,17+,20-,22+,23+/m1/s1. The summed E-state index contributed by atoms with van der Waals surface area (Å²) in [6.45, 7) is 0. The molecule has 2 bridgehead atoms. The molecular formula is C26H26N2O5. The summed E-state index contributed by atoms with van der Waals surface area (Å²) in [6.07, 6.45) is 5.18. The second-order valence-corrected chi connectivity index (χ2v) is 8.81. The van der Waals surface area contributed by atoms with Crippen LogP contribution in [0.4, 0.5) is 5.69 Å². The van der Waals surface area contributed by atoms with E-state index in [2.05, 4.69) is 5.32 Å². The van der Waals surface area contributed by atoms with Crippen LogP contribution in [0, 0.1) is 23.7 Å². The van der Waals surface area contributed by atoms with Crippen LogP contribution in [0.15, 0.2) is 60.7 Å². The number of nitrogens with zero attached hydrogens (tertiary/aromatic N) is 1. The highest BCUT2D eigenvalue weighted by atomic mass is 16.5. The van der Waals surface area contributed by atoms with E-state index in [0.717, 1.165) is 12.0 Å². The lowest BCUT2D eigenvalue weighted by Gasteiger charge is -2.27. The zero-order chi connectivity index (χ0) is 23.1. The van der Waals surface area contributed by atoms with Crippen molar-refractivity contribution in [2.24, 2.45) is 23.7 Å². The van der Waals surface area contributed by atoms with Crippen LogP contribution in [0.25, 0.3) is 0 Å². The molecule has 1 N–H and O–H groups in total. The first-order valence-corrected chi connectivity index (χ1v) is 11.1. The Hall–Kier alpha value is -3.61. The molecule has 0 aromatic heterocycles. The number of likely N-dealkylation sites (tertiary alicyclic amines) is 1. The lowest BCUT2D eigenvalue weighted by Crippen LogP contribution is -2.49. The van der Waals surface area contributed by atoms with Gasteiger partial charge < -0.3 is 14.8 Å². The molecular weight excluding hydrogens is 420 g/mol. The van der Waals surface area contributed by atoms with Crippen molar-refractivity contribution in [2.45, 2.75) is 18.9 Å². The fourth-order valence-corrected chi connectivity index (χ4v) is 5.50. The number of carbonyl (C=O) groups excluding carboxylic acids is 3. The van der Waals surface area contributed by atoms with E-state index in [0.29, 0.717) is 17.2 Å². The Labute approximate surface area is 192 Å². The highest BCUT2D eigenvalue weighted by Crippen LogP contribution is 2.53. The summed E-state index contributed by atoms with van der Waals surface area (Å²) in [6, 6.07) is 13.5. The van der Waals surface area contributed by atoms with Crippen LogP contribution in [-0.4, -0.2) is 42.9 Å². The average Bonchev–Trinajstić information content (AvgIpc) is 3.52. The predicted octanol–water partition coefficient (Wildman–Crippen LogP) is 3.06. The fourth-order valence-electron chi connectivity index (χ4n) is 5.50. The number of nitrogens with one attached hydrogen (secondary N) is 1. The number of allylic oxidation sites excluding steroid dienone is 2. The fraction of sp³-hybridized carbons (Fsp3) is 0.346. The molecule has 2 aromatic rings. The topological polar surface area (TPSA) is 84.9 Å². The second kappa shape index (κ2) is 8.39. The largest absolute Gasteiger partial charge is 0.497 e. The summed E-state index contributed by atoms with van der Waals surface area (Å²) in [5.41, 5.74) is 1.29. The third kappa shape index (κ3) is 3.57. The van der Waals surface area contributed by atoms with Gasteiger partial charge in [0.2, 0.25) is 17.7 Å². The summed E-state index contributed by atoms with van der Waals surface area (Å²) < 4.78 is 10.7. The zero-order valence-electron chi connectivity index (χ0n) is 18.6. The van der Waals surface area contributed by atoms with Crippen molar-refractivity contribution in [1.29, 1.82) is 0 Å². The van der Waals surface area contributed by atoms with E-state index in [1.807, 2.05) is 42.5 Å². The van der Waals surface area contributed by atoms with Crippen LogP contribution in [0.2, 0.25) is 0 Å². The van der Waals surface area contributed by atoms with Crippen LogP contribution in [0.3, 0.4) is 0 Å². The number of hydrogen-bond acceptors (Lipinski definition) is 5. The first-order chi connectivity index (χ1) is 16.0. The monoisotopic (exact) mass is 446 g/mol. The molecule has 3 aliphatic rings. The predicted molar refractivity (Wildman–Crippen MR) is 122 cm³/mol. The van der Waals surface area contributed by atoms with Gasteiger partial charge in [0.25, 0.3) is 0 Å². The second-order valence-electron chi connectivity index (χ2n) is 8.81. The van der Waals surface area contributed by atoms with Gasteiger partial charge in [-0.05, 0) is 36.0 Å². The molecule has 2 aliphatic carbocycles. The van der Waals surface area contributed by atoms with Crippen molar-refractivity contribution in [2.75, 3.05) is 19.5 Å². The Morgan fingerprint density at radius 2 is 1.67 bits per heavy atom. The number of amides is 3. The van der Waals surface area contributed by atoms with Gasteiger partial charge in [0.15, 0.2) is 0 Å². The highest BCUT2D eigenvalue weighted by molar-refractivity contribution is 6.11. The van der Waals surface area contributed by atoms with Gasteiger partial charge in [-0.2, -0.15) is 0 Å². The van der Waals surface area contributed by atoms with Crippen LogP contribution in [0.1, 0.15) is 12.0 Å². The maximum absolute atomic E-state index is 13.6. The minimum Gasteiger partial charge on any atom is -0.497 e. The van der Waals surface area contributed by atoms with Crippen LogP contribution in [0.5, 0.6) is 11.5 Å². The van der Waals surface area contributed by atoms with E-state index < -0.39 is 11.9 Å². The smallest absolute Gasteiger partial charge is 0.248 e. The van der Waals surface area contributed by atoms with Gasteiger partial charge in [-0.1, -0.05) is 42.5 Å². The third-order valence-corrected chi connectivity index (χ3v) is 7.06. The summed E-state index contributed by atoms with van der Waals surface area (Å²) >= 11 is 0. The van der Waals surface area contributed by atoms with Gasteiger partial charge in [-0.3, -0.25) is 19.3 Å². The molecule has 0 spiro atoms. The molecule has 1 aliphatic heterocycles. The van der Waals surface area contributed by atoms with Crippen molar-refractivity contribution >= 4 is 23.4 Å². The minimum absolute atomic E-state index is 0.0837. The van der Waals surface area contributed by atoms with E-state index in [4.69, 9.17) is 9.47 Å². The SMILES string of the molecule is COc1ccc(OC)c(NC(=O)[C@@H](Cc2ccccc2)N2C(=O)[C@@H]3[C@@H](C2=O)[C@H]2C=C[C@@H]3C2)c1. The average molecular weight is 447 g/mol. The Kier molecular flexibility index (Phi) is 5.40. The maximum atomic E-state index is 13.6. The molecule has 5 rings (SSSR count). The number of imide groups is 1. The summed E-state index contributed by atoms with van der Waals surface area (Å²) in [5, 5.41) is 2.87. The van der Waals surface area contributed by atoms with E-state index in [1.165, 1.54) is 19.1 Å². The number of rotatable bonds is 7. The summed E-state index contributed by atoms with van der Waals surface area (Å²) in [4.78, 5) is 41.7. The number of carbonyl (C=O) groups is 3. The Morgan fingerprint density at radius 1 is 1.00 bits per heavy atom. The van der Waals surface area contributed by atoms with Crippen molar-refractivity contribution in [3.8, 4) is 11.5 Å². The molecule has 2 aromatic carbocycles. The Bertz CT molecular complexity index is 1100. The molecule has 3 amide bonds. The van der Waals surface area contributed by atoms with Crippen LogP contribution in [-0.2, 0) is 20.8 Å². The van der Waals surface area contributed by atoms with E-state index in [-0.39, 0.29) is 41.9 Å². The lowest BCUT2D eigenvalue weighted by atomic mass is 9.85. The number of hydrogen-bond donors (Lipinski definition) is 1. The van der Waals surface area contributed by atoms with Gasteiger partial charge in [-0.15, -0.1) is 0 Å². The van der Waals surface area contributed by atoms with Crippen molar-refractivity contribution < 1.29 is 23.9 Å². The first-order valence-electron chi connectivity index (χ1n) is 11.1.